The van der Waals surface area contributed by atoms with E-state index in [9.17, 15) is 14.4 Å². The van der Waals surface area contributed by atoms with E-state index < -0.39 is 35.4 Å². The van der Waals surface area contributed by atoms with Crippen LogP contribution in [0.2, 0.25) is 0 Å². The molecule has 3 aromatic carbocycles. The summed E-state index contributed by atoms with van der Waals surface area (Å²) in [5.74, 6) is -1.27. The minimum absolute atomic E-state index is 0.0234. The number of halogens is 1. The molecule has 8 nitrogen and oxygen atoms in total. The van der Waals surface area contributed by atoms with Crippen LogP contribution in [0.4, 0.5) is 0 Å². The maximum absolute atomic E-state index is 13.6. The van der Waals surface area contributed by atoms with E-state index in [1.165, 1.54) is 7.11 Å². The number of carbonyl (C=O) groups is 3. The van der Waals surface area contributed by atoms with E-state index in [0.29, 0.717) is 11.3 Å². The van der Waals surface area contributed by atoms with Gasteiger partial charge in [-0.05, 0) is 35.8 Å². The lowest BCUT2D eigenvalue weighted by Gasteiger charge is -2.44. The molecule has 1 N–H and O–H groups in total. The summed E-state index contributed by atoms with van der Waals surface area (Å²) in [6, 6.07) is 26.4. The number of carbonyl (C=O) groups excluding carboxylic acids is 3. The molecule has 2 amide bonds. The number of nitrogens with zero attached hydrogens (tertiary/aromatic N) is 1. The number of ether oxygens (including phenoxy) is 3. The fourth-order valence-electron chi connectivity index (χ4n) is 4.21. The minimum Gasteiger partial charge on any atom is -0.484 e. The fourth-order valence-corrected chi connectivity index (χ4v) is 4.58. The monoisotopic (exact) mass is 548 g/mol. The number of esters is 1. The average Bonchev–Trinajstić information content (AvgIpc) is 2.97. The van der Waals surface area contributed by atoms with Crippen molar-refractivity contribution in [2.75, 3.05) is 20.3 Å². The molecule has 0 radical (unpaired) electrons. The van der Waals surface area contributed by atoms with Crippen molar-refractivity contribution in [3.05, 3.63) is 113 Å². The topological polar surface area (TPSA) is 94.2 Å². The highest BCUT2D eigenvalue weighted by atomic mass is 35.5. The average molecular weight is 549 g/mol. The molecule has 2 unspecified atom stereocenters. The second kappa shape index (κ2) is 13.1. The number of para-hydroxylation sites is 1. The Balaban J connectivity index is 1.50. The van der Waals surface area contributed by atoms with Crippen molar-refractivity contribution in [1.29, 1.82) is 0 Å². The van der Waals surface area contributed by atoms with Gasteiger partial charge in [-0.1, -0.05) is 90.5 Å². The molecule has 39 heavy (non-hydrogen) atoms. The Morgan fingerprint density at radius 1 is 0.897 bits per heavy atom. The Morgan fingerprint density at radius 2 is 1.44 bits per heavy atom. The van der Waals surface area contributed by atoms with E-state index in [1.807, 2.05) is 66.7 Å². The van der Waals surface area contributed by atoms with Gasteiger partial charge in [0.15, 0.2) is 12.7 Å². The summed E-state index contributed by atoms with van der Waals surface area (Å²) in [6.45, 7) is 1.44. The number of hydrogen-bond acceptors (Lipinski definition) is 6. The van der Waals surface area contributed by atoms with Crippen molar-refractivity contribution in [2.45, 2.75) is 24.6 Å². The number of rotatable bonds is 11. The Morgan fingerprint density at radius 3 is 1.95 bits per heavy atom. The standard InChI is InChI=1S/C30H29ClN2O6/c1-20(18-37-2)26(30(36)39-27(21-12-6-3-7-13-21)22-14-8-4-9-15-22)33-28(31)25(29(33)35)32-24(34)19-38-23-16-10-5-11-17-23/h3-17,25,27-28H,18-19H2,1-2H3,(H,32,34). The predicted molar refractivity (Wildman–Crippen MR) is 146 cm³/mol. The summed E-state index contributed by atoms with van der Waals surface area (Å²) in [7, 11) is 1.48. The second-order valence-electron chi connectivity index (χ2n) is 8.90. The summed E-state index contributed by atoms with van der Waals surface area (Å²) in [4.78, 5) is 40.4. The maximum Gasteiger partial charge on any atom is 0.356 e. The van der Waals surface area contributed by atoms with Crippen molar-refractivity contribution in [1.82, 2.24) is 10.2 Å². The molecular formula is C30H29ClN2O6. The van der Waals surface area contributed by atoms with Crippen molar-refractivity contribution >= 4 is 29.4 Å². The van der Waals surface area contributed by atoms with Gasteiger partial charge in [-0.25, -0.2) is 4.79 Å². The van der Waals surface area contributed by atoms with Crippen molar-refractivity contribution < 1.29 is 28.6 Å². The Bertz CT molecular complexity index is 1280. The molecule has 0 saturated carbocycles. The first-order valence-corrected chi connectivity index (χ1v) is 12.8. The molecule has 3 aromatic rings. The largest absolute Gasteiger partial charge is 0.484 e. The highest BCUT2D eigenvalue weighted by molar-refractivity contribution is 6.27. The van der Waals surface area contributed by atoms with E-state index in [1.54, 1.807) is 31.2 Å². The summed E-state index contributed by atoms with van der Waals surface area (Å²) >= 11 is 6.56. The third kappa shape index (κ3) is 6.66. The van der Waals surface area contributed by atoms with Gasteiger partial charge in [0.1, 0.15) is 23.0 Å². The third-order valence-corrected chi connectivity index (χ3v) is 6.53. The lowest BCUT2D eigenvalue weighted by Crippen LogP contribution is -2.69. The van der Waals surface area contributed by atoms with Crippen LogP contribution in [0.3, 0.4) is 0 Å². The normalized spacial score (nSPS) is 17.2. The summed E-state index contributed by atoms with van der Waals surface area (Å²) in [5, 5.41) is 2.58. The van der Waals surface area contributed by atoms with Crippen LogP contribution in [0.25, 0.3) is 0 Å². The number of likely N-dealkylation sites (tertiary alicyclic amines) is 1. The van der Waals surface area contributed by atoms with Crippen LogP contribution in [0.1, 0.15) is 24.2 Å². The van der Waals surface area contributed by atoms with Crippen LogP contribution in [0.15, 0.2) is 102 Å². The molecule has 1 saturated heterocycles. The number of alkyl halides is 1. The van der Waals surface area contributed by atoms with Gasteiger partial charge in [-0.2, -0.15) is 0 Å². The zero-order chi connectivity index (χ0) is 27.8. The first kappa shape index (κ1) is 27.9. The third-order valence-electron chi connectivity index (χ3n) is 6.08. The molecule has 1 aliphatic heterocycles. The van der Waals surface area contributed by atoms with Crippen LogP contribution in [0.5, 0.6) is 5.75 Å². The molecule has 1 fully saturated rings. The maximum atomic E-state index is 13.6. The SMILES string of the molecule is COCC(C)=C(C(=O)OC(c1ccccc1)c1ccccc1)N1C(=O)C(NC(=O)COc2ccccc2)C1Cl. The van der Waals surface area contributed by atoms with Crippen LogP contribution in [0, 0.1) is 0 Å². The molecule has 202 valence electrons. The highest BCUT2D eigenvalue weighted by Gasteiger charge is 2.51. The number of methoxy groups -OCH3 is 1. The van der Waals surface area contributed by atoms with Crippen LogP contribution in [-0.4, -0.2) is 54.5 Å². The lowest BCUT2D eigenvalue weighted by molar-refractivity contribution is -0.155. The van der Waals surface area contributed by atoms with Gasteiger partial charge >= 0.3 is 5.97 Å². The summed E-state index contributed by atoms with van der Waals surface area (Å²) in [6.07, 6.45) is -0.721. The first-order valence-electron chi connectivity index (χ1n) is 12.3. The molecule has 0 aliphatic carbocycles. The first-order chi connectivity index (χ1) is 18.9. The second-order valence-corrected chi connectivity index (χ2v) is 9.34. The zero-order valence-corrected chi connectivity index (χ0v) is 22.3. The zero-order valence-electron chi connectivity index (χ0n) is 21.6. The predicted octanol–water partition coefficient (Wildman–Crippen LogP) is 4.21. The molecule has 9 heteroatoms. The van der Waals surface area contributed by atoms with E-state index in [-0.39, 0.29) is 18.9 Å². The molecule has 1 heterocycles. The van der Waals surface area contributed by atoms with E-state index in [0.717, 1.165) is 16.0 Å². The van der Waals surface area contributed by atoms with Crippen LogP contribution in [-0.2, 0) is 23.9 Å². The van der Waals surface area contributed by atoms with Gasteiger partial charge in [-0.15, -0.1) is 0 Å². The summed E-state index contributed by atoms with van der Waals surface area (Å²) < 4.78 is 16.7. The van der Waals surface area contributed by atoms with Crippen LogP contribution < -0.4 is 10.1 Å². The lowest BCUT2D eigenvalue weighted by atomic mass is 10.0. The van der Waals surface area contributed by atoms with Gasteiger partial charge in [0.05, 0.1) is 6.61 Å². The van der Waals surface area contributed by atoms with Gasteiger partial charge in [-0.3, -0.25) is 14.5 Å². The number of benzene rings is 3. The number of hydrogen-bond donors (Lipinski definition) is 1. The highest BCUT2D eigenvalue weighted by Crippen LogP contribution is 2.33. The van der Waals surface area contributed by atoms with Gasteiger partial charge in [0.25, 0.3) is 11.8 Å². The quantitative estimate of drug-likeness (QED) is 0.127. The molecule has 4 rings (SSSR count). The Labute approximate surface area is 232 Å². The van der Waals surface area contributed by atoms with E-state index in [2.05, 4.69) is 5.32 Å². The number of β-lactam (4-membered cyclic amide) rings is 1. The fraction of sp³-hybridized carbons (Fsp3) is 0.233. The molecule has 0 spiro atoms. The minimum atomic E-state index is -1.03. The van der Waals surface area contributed by atoms with Crippen molar-refractivity contribution in [3.8, 4) is 5.75 Å². The number of nitrogens with one attached hydrogen (secondary N) is 1. The van der Waals surface area contributed by atoms with Gasteiger partial charge < -0.3 is 19.5 Å². The summed E-state index contributed by atoms with van der Waals surface area (Å²) in [5.41, 5.74) is 0.950. The molecule has 0 aromatic heterocycles. The smallest absolute Gasteiger partial charge is 0.356 e. The van der Waals surface area contributed by atoms with Gasteiger partial charge in [0.2, 0.25) is 0 Å². The van der Waals surface area contributed by atoms with Crippen molar-refractivity contribution in [3.63, 3.8) is 0 Å². The van der Waals surface area contributed by atoms with Gasteiger partial charge in [0, 0.05) is 7.11 Å². The molecule has 1 aliphatic rings. The molecule has 0 bridgehead atoms. The number of amides is 2. The van der Waals surface area contributed by atoms with Crippen molar-refractivity contribution in [2.24, 2.45) is 0 Å². The van der Waals surface area contributed by atoms with E-state index >= 15 is 0 Å². The Kier molecular flexibility index (Phi) is 9.35. The molecular weight excluding hydrogens is 520 g/mol. The molecule has 2 atom stereocenters. The van der Waals surface area contributed by atoms with Crippen LogP contribution >= 0.6 is 11.6 Å². The Hall–Kier alpha value is -4.14. The van der Waals surface area contributed by atoms with E-state index in [4.69, 9.17) is 25.8 Å².